The minimum absolute atomic E-state index is 0.319. The van der Waals surface area contributed by atoms with Gasteiger partial charge in [0.2, 0.25) is 5.91 Å². The molecule has 3 N–H and O–H groups in total. The highest BCUT2D eigenvalue weighted by Gasteiger charge is 2.49. The van der Waals surface area contributed by atoms with Crippen LogP contribution in [0.3, 0.4) is 0 Å². The second kappa shape index (κ2) is 6.99. The molecule has 3 rings (SSSR count). The lowest BCUT2D eigenvalue weighted by Crippen LogP contribution is -2.46. The van der Waals surface area contributed by atoms with Crippen LogP contribution < -0.4 is 10.6 Å². The molecule has 0 bridgehead atoms. The number of aromatic nitrogens is 2. The Labute approximate surface area is 151 Å². The number of carbonyl (C=O) groups excluding carboxylic acids is 3. The predicted molar refractivity (Wildman–Crippen MR) is 96.2 cm³/mol. The zero-order valence-corrected chi connectivity index (χ0v) is 14.7. The Morgan fingerprint density at radius 3 is 2.62 bits per heavy atom. The number of H-pyrrole nitrogens is 1. The van der Waals surface area contributed by atoms with Gasteiger partial charge in [0.15, 0.2) is 0 Å². The molecule has 1 aromatic heterocycles. The quantitative estimate of drug-likeness (QED) is 0.690. The second-order valence-corrected chi connectivity index (χ2v) is 6.21. The van der Waals surface area contributed by atoms with Gasteiger partial charge >= 0.3 is 6.03 Å². The fraction of sp³-hybridized carbons (Fsp3) is 0.333. The third-order valence-corrected chi connectivity index (χ3v) is 4.71. The van der Waals surface area contributed by atoms with Gasteiger partial charge in [0.05, 0.1) is 5.69 Å². The van der Waals surface area contributed by atoms with Crippen molar-refractivity contribution >= 4 is 23.5 Å². The number of carbonyl (C=O) groups is 3. The number of rotatable bonds is 6. The highest BCUT2D eigenvalue weighted by molar-refractivity contribution is 6.10. The van der Waals surface area contributed by atoms with Crippen molar-refractivity contribution < 1.29 is 14.4 Å². The van der Waals surface area contributed by atoms with E-state index in [0.717, 1.165) is 16.2 Å². The summed E-state index contributed by atoms with van der Waals surface area (Å²) in [5, 5.41) is 12.2. The van der Waals surface area contributed by atoms with Crippen LogP contribution in [0, 0.1) is 0 Å². The van der Waals surface area contributed by atoms with Crippen molar-refractivity contribution in [2.24, 2.45) is 0 Å². The standard InChI is InChI=1S/C18H21N5O3/c1-3-18(4-2)16(25)23(17(26)21-18)11-15(24)20-13-7-5-6-12(10-13)14-8-9-19-22-14/h5-10H,3-4,11H2,1-2H3,(H,19,22)(H,20,24)(H,21,26). The molecule has 0 radical (unpaired) electrons. The fourth-order valence-electron chi connectivity index (χ4n) is 3.07. The summed E-state index contributed by atoms with van der Waals surface area (Å²) in [4.78, 5) is 38.0. The highest BCUT2D eigenvalue weighted by atomic mass is 16.2. The van der Waals surface area contributed by atoms with Crippen LogP contribution in [-0.2, 0) is 9.59 Å². The third-order valence-electron chi connectivity index (χ3n) is 4.71. The minimum atomic E-state index is -0.905. The SMILES string of the molecule is CCC1(CC)NC(=O)N(CC(=O)Nc2cccc(-c3ccn[nH]3)c2)C1=O. The molecule has 0 aliphatic carbocycles. The Morgan fingerprint density at radius 1 is 1.23 bits per heavy atom. The highest BCUT2D eigenvalue weighted by Crippen LogP contribution is 2.25. The van der Waals surface area contributed by atoms with Gasteiger partial charge < -0.3 is 10.6 Å². The number of nitrogens with zero attached hydrogens (tertiary/aromatic N) is 2. The molecular weight excluding hydrogens is 334 g/mol. The van der Waals surface area contributed by atoms with E-state index in [2.05, 4.69) is 20.8 Å². The monoisotopic (exact) mass is 355 g/mol. The van der Waals surface area contributed by atoms with Crippen LogP contribution in [0.4, 0.5) is 10.5 Å². The molecule has 8 heteroatoms. The average molecular weight is 355 g/mol. The van der Waals surface area contributed by atoms with Crippen LogP contribution in [0.1, 0.15) is 26.7 Å². The van der Waals surface area contributed by atoms with Gasteiger partial charge in [0.1, 0.15) is 12.1 Å². The Hall–Kier alpha value is -3.16. The first-order valence-electron chi connectivity index (χ1n) is 8.53. The van der Waals surface area contributed by atoms with E-state index >= 15 is 0 Å². The first-order chi connectivity index (χ1) is 12.5. The van der Waals surface area contributed by atoms with E-state index in [4.69, 9.17) is 0 Å². The number of hydrogen-bond donors (Lipinski definition) is 3. The van der Waals surface area contributed by atoms with Crippen LogP contribution in [0.5, 0.6) is 0 Å². The summed E-state index contributed by atoms with van der Waals surface area (Å²) in [6.07, 6.45) is 2.61. The van der Waals surface area contributed by atoms with Crippen molar-refractivity contribution in [2.75, 3.05) is 11.9 Å². The molecule has 2 heterocycles. The molecule has 0 atom stereocenters. The predicted octanol–water partition coefficient (Wildman–Crippen LogP) is 2.13. The molecule has 1 saturated heterocycles. The van der Waals surface area contributed by atoms with Gasteiger partial charge in [0, 0.05) is 17.4 Å². The molecule has 1 aliphatic heterocycles. The van der Waals surface area contributed by atoms with Crippen molar-refractivity contribution in [3.8, 4) is 11.3 Å². The lowest BCUT2D eigenvalue weighted by Gasteiger charge is -2.23. The number of benzene rings is 1. The van der Waals surface area contributed by atoms with Gasteiger partial charge in [0.25, 0.3) is 5.91 Å². The summed E-state index contributed by atoms with van der Waals surface area (Å²) in [5.41, 5.74) is 1.36. The lowest BCUT2D eigenvalue weighted by molar-refractivity contribution is -0.134. The van der Waals surface area contributed by atoms with E-state index < -0.39 is 17.5 Å². The zero-order valence-electron chi connectivity index (χ0n) is 14.7. The van der Waals surface area contributed by atoms with Gasteiger partial charge in [-0.05, 0) is 31.0 Å². The molecule has 1 aliphatic rings. The molecule has 1 aromatic carbocycles. The van der Waals surface area contributed by atoms with Crippen LogP contribution in [0.25, 0.3) is 11.3 Å². The Balaban J connectivity index is 1.69. The topological polar surface area (TPSA) is 107 Å². The van der Waals surface area contributed by atoms with E-state index in [1.807, 2.05) is 26.0 Å². The summed E-state index contributed by atoms with van der Waals surface area (Å²) in [5.74, 6) is -0.785. The van der Waals surface area contributed by atoms with Gasteiger partial charge in [-0.15, -0.1) is 0 Å². The number of anilines is 1. The first kappa shape index (κ1) is 17.7. The summed E-state index contributed by atoms with van der Waals surface area (Å²) in [6, 6.07) is 8.52. The molecule has 1 fully saturated rings. The number of urea groups is 1. The number of nitrogens with one attached hydrogen (secondary N) is 3. The Bertz CT molecular complexity index is 827. The van der Waals surface area contributed by atoms with Gasteiger partial charge in [-0.3, -0.25) is 19.6 Å². The maximum absolute atomic E-state index is 12.5. The summed E-state index contributed by atoms with van der Waals surface area (Å²) < 4.78 is 0. The van der Waals surface area contributed by atoms with E-state index in [1.165, 1.54) is 0 Å². The fourth-order valence-corrected chi connectivity index (χ4v) is 3.07. The largest absolute Gasteiger partial charge is 0.325 e. The molecule has 2 aromatic rings. The van der Waals surface area contributed by atoms with Gasteiger partial charge in [-0.2, -0.15) is 5.10 Å². The van der Waals surface area contributed by atoms with Crippen molar-refractivity contribution in [3.63, 3.8) is 0 Å². The molecule has 0 saturated carbocycles. The average Bonchev–Trinajstić information content (AvgIpc) is 3.25. The van der Waals surface area contributed by atoms with Crippen molar-refractivity contribution in [1.82, 2.24) is 20.4 Å². The summed E-state index contributed by atoms with van der Waals surface area (Å²) in [6.45, 7) is 3.36. The maximum Gasteiger partial charge on any atom is 0.325 e. The maximum atomic E-state index is 12.5. The number of amides is 4. The number of hydrogen-bond acceptors (Lipinski definition) is 4. The minimum Gasteiger partial charge on any atom is -0.325 e. The third kappa shape index (κ3) is 3.17. The van der Waals surface area contributed by atoms with E-state index in [9.17, 15) is 14.4 Å². The van der Waals surface area contributed by atoms with Crippen LogP contribution in [0.15, 0.2) is 36.5 Å². The van der Waals surface area contributed by atoms with E-state index in [0.29, 0.717) is 18.5 Å². The number of aromatic amines is 1. The van der Waals surface area contributed by atoms with E-state index in [1.54, 1.807) is 24.4 Å². The number of imide groups is 1. The van der Waals surface area contributed by atoms with Crippen LogP contribution in [0.2, 0.25) is 0 Å². The second-order valence-electron chi connectivity index (χ2n) is 6.21. The molecular formula is C18H21N5O3. The Morgan fingerprint density at radius 2 is 2.00 bits per heavy atom. The first-order valence-corrected chi connectivity index (χ1v) is 8.53. The molecule has 4 amide bonds. The molecule has 26 heavy (non-hydrogen) atoms. The van der Waals surface area contributed by atoms with E-state index in [-0.39, 0.29) is 12.5 Å². The summed E-state index contributed by atoms with van der Waals surface area (Å²) in [7, 11) is 0. The van der Waals surface area contributed by atoms with Gasteiger partial charge in [-0.1, -0.05) is 26.0 Å². The molecule has 136 valence electrons. The normalized spacial score (nSPS) is 15.8. The van der Waals surface area contributed by atoms with Crippen molar-refractivity contribution in [2.45, 2.75) is 32.2 Å². The van der Waals surface area contributed by atoms with Crippen molar-refractivity contribution in [3.05, 3.63) is 36.5 Å². The summed E-state index contributed by atoms with van der Waals surface area (Å²) >= 11 is 0. The Kier molecular flexibility index (Phi) is 4.75. The van der Waals surface area contributed by atoms with Gasteiger partial charge in [-0.25, -0.2) is 4.79 Å². The molecule has 0 unspecified atom stereocenters. The molecule has 0 spiro atoms. The van der Waals surface area contributed by atoms with Crippen LogP contribution >= 0.6 is 0 Å². The lowest BCUT2D eigenvalue weighted by atomic mass is 9.93. The molecule has 8 nitrogen and oxygen atoms in total. The zero-order chi connectivity index (χ0) is 18.7. The smallest absolute Gasteiger partial charge is 0.325 e. The van der Waals surface area contributed by atoms with Crippen LogP contribution in [-0.4, -0.2) is 45.0 Å². The van der Waals surface area contributed by atoms with Crippen molar-refractivity contribution in [1.29, 1.82) is 0 Å².